The van der Waals surface area contributed by atoms with Crippen LogP contribution in [0.25, 0.3) is 0 Å². The third-order valence-corrected chi connectivity index (χ3v) is 3.58. The van der Waals surface area contributed by atoms with Crippen molar-refractivity contribution in [2.75, 3.05) is 0 Å². The molecule has 0 aliphatic heterocycles. The number of carboxylic acid groups (broad SMARTS) is 1. The molecule has 0 heterocycles. The zero-order chi connectivity index (χ0) is 13.7. The van der Waals surface area contributed by atoms with Crippen LogP contribution < -0.4 is 0 Å². The zero-order valence-electron chi connectivity index (χ0n) is 10.7. The molecule has 1 saturated carbocycles. The maximum absolute atomic E-state index is 11.9. The molecule has 0 radical (unpaired) electrons. The highest BCUT2D eigenvalue weighted by Crippen LogP contribution is 2.30. The Labute approximate surface area is 112 Å². The summed E-state index contributed by atoms with van der Waals surface area (Å²) in [5, 5.41) is 8.99. The number of aliphatic carboxylic acids is 1. The van der Waals surface area contributed by atoms with Crippen molar-refractivity contribution in [3.63, 3.8) is 0 Å². The fraction of sp³-hybridized carbons (Fsp3) is 0.467. The maximum Gasteiger partial charge on any atom is 0.309 e. The van der Waals surface area contributed by atoms with Gasteiger partial charge in [0, 0.05) is 0 Å². The fourth-order valence-electron chi connectivity index (χ4n) is 2.47. The van der Waals surface area contributed by atoms with Crippen molar-refractivity contribution in [3.05, 3.63) is 35.9 Å². The second-order valence-corrected chi connectivity index (χ2v) is 4.99. The minimum Gasteiger partial charge on any atom is -0.481 e. The summed E-state index contributed by atoms with van der Waals surface area (Å²) in [6.07, 6.45) is 2.58. The second-order valence-electron chi connectivity index (χ2n) is 4.99. The van der Waals surface area contributed by atoms with Crippen LogP contribution in [-0.4, -0.2) is 17.0 Å². The molecule has 2 rings (SSSR count). The topological polar surface area (TPSA) is 63.6 Å². The minimum absolute atomic E-state index is 0.258. The van der Waals surface area contributed by atoms with E-state index in [1.54, 1.807) is 0 Å². The van der Waals surface area contributed by atoms with E-state index in [4.69, 9.17) is 9.84 Å². The van der Waals surface area contributed by atoms with Crippen LogP contribution in [0, 0.1) is 11.8 Å². The largest absolute Gasteiger partial charge is 0.481 e. The average molecular weight is 262 g/mol. The summed E-state index contributed by atoms with van der Waals surface area (Å²) < 4.78 is 5.26. The molecule has 102 valence electrons. The Balaban J connectivity index is 1.84. The summed E-state index contributed by atoms with van der Waals surface area (Å²) in [5.74, 6) is -1.74. The first kappa shape index (κ1) is 13.6. The number of ether oxygens (including phenoxy) is 1. The van der Waals surface area contributed by atoms with E-state index < -0.39 is 11.9 Å². The highest BCUT2D eigenvalue weighted by molar-refractivity contribution is 5.75. The lowest BCUT2D eigenvalue weighted by Gasteiger charge is -2.25. The molecule has 1 aromatic carbocycles. The predicted octanol–water partition coefficient (Wildman–Crippen LogP) is 2.62. The smallest absolute Gasteiger partial charge is 0.309 e. The van der Waals surface area contributed by atoms with E-state index in [0.29, 0.717) is 12.8 Å². The molecule has 0 amide bonds. The monoisotopic (exact) mass is 262 g/mol. The molecule has 2 atom stereocenters. The molecule has 4 heteroatoms. The lowest BCUT2D eigenvalue weighted by molar-refractivity contribution is -0.153. The quantitative estimate of drug-likeness (QED) is 0.847. The summed E-state index contributed by atoms with van der Waals surface area (Å²) in [6.45, 7) is 0.258. The van der Waals surface area contributed by atoms with E-state index >= 15 is 0 Å². The van der Waals surface area contributed by atoms with Gasteiger partial charge in [0.1, 0.15) is 6.61 Å². The van der Waals surface area contributed by atoms with Gasteiger partial charge in [-0.3, -0.25) is 9.59 Å². The van der Waals surface area contributed by atoms with Crippen LogP contribution in [-0.2, 0) is 20.9 Å². The molecule has 0 spiro atoms. The van der Waals surface area contributed by atoms with Crippen LogP contribution >= 0.6 is 0 Å². The molecule has 1 N–H and O–H groups in total. The van der Waals surface area contributed by atoms with Gasteiger partial charge < -0.3 is 9.84 Å². The molecule has 1 aliphatic carbocycles. The van der Waals surface area contributed by atoms with E-state index in [1.165, 1.54) is 0 Å². The van der Waals surface area contributed by atoms with Gasteiger partial charge in [0.05, 0.1) is 11.8 Å². The van der Waals surface area contributed by atoms with Crippen molar-refractivity contribution in [2.45, 2.75) is 32.3 Å². The van der Waals surface area contributed by atoms with Crippen LogP contribution in [0.1, 0.15) is 31.2 Å². The van der Waals surface area contributed by atoms with E-state index in [1.807, 2.05) is 30.3 Å². The van der Waals surface area contributed by atoms with Gasteiger partial charge in [0.2, 0.25) is 0 Å². The number of rotatable bonds is 4. The number of hydrogen-bond acceptors (Lipinski definition) is 3. The van der Waals surface area contributed by atoms with Gasteiger partial charge in [-0.15, -0.1) is 0 Å². The molecule has 1 fully saturated rings. The lowest BCUT2D eigenvalue weighted by atomic mass is 9.81. The summed E-state index contributed by atoms with van der Waals surface area (Å²) in [5.41, 5.74) is 0.946. The van der Waals surface area contributed by atoms with Gasteiger partial charge in [0.25, 0.3) is 0 Å². The Morgan fingerprint density at radius 1 is 1.16 bits per heavy atom. The number of hydrogen-bond donors (Lipinski definition) is 1. The maximum atomic E-state index is 11.9. The second kappa shape index (κ2) is 6.36. The van der Waals surface area contributed by atoms with E-state index in [0.717, 1.165) is 18.4 Å². The van der Waals surface area contributed by atoms with Crippen molar-refractivity contribution in [2.24, 2.45) is 11.8 Å². The third kappa shape index (κ3) is 3.81. The van der Waals surface area contributed by atoms with Crippen molar-refractivity contribution in [1.82, 2.24) is 0 Å². The molecule has 1 aliphatic rings. The van der Waals surface area contributed by atoms with Crippen molar-refractivity contribution < 1.29 is 19.4 Å². The van der Waals surface area contributed by atoms with Gasteiger partial charge in [-0.25, -0.2) is 0 Å². The standard InChI is InChI=1S/C15H18O4/c16-14(17)12-7-4-8-13(9-12)15(18)19-10-11-5-2-1-3-6-11/h1-3,5-6,12-13H,4,7-10H2,(H,16,17). The summed E-state index contributed by atoms with van der Waals surface area (Å²) in [4.78, 5) is 22.9. The number of esters is 1. The van der Waals surface area contributed by atoms with Gasteiger partial charge >= 0.3 is 11.9 Å². The molecule has 0 aromatic heterocycles. The van der Waals surface area contributed by atoms with Crippen LogP contribution in [0.2, 0.25) is 0 Å². The molecule has 19 heavy (non-hydrogen) atoms. The molecule has 4 nitrogen and oxygen atoms in total. The van der Waals surface area contributed by atoms with Crippen molar-refractivity contribution >= 4 is 11.9 Å². The highest BCUT2D eigenvalue weighted by atomic mass is 16.5. The van der Waals surface area contributed by atoms with E-state index in [2.05, 4.69) is 0 Å². The Morgan fingerprint density at radius 2 is 1.84 bits per heavy atom. The molecule has 2 unspecified atom stereocenters. The van der Waals surface area contributed by atoms with Gasteiger partial charge in [-0.1, -0.05) is 36.8 Å². The number of carbonyl (C=O) groups excluding carboxylic acids is 1. The van der Waals surface area contributed by atoms with Gasteiger partial charge in [-0.2, -0.15) is 0 Å². The van der Waals surface area contributed by atoms with Crippen LogP contribution in [0.15, 0.2) is 30.3 Å². The van der Waals surface area contributed by atoms with Crippen molar-refractivity contribution in [3.8, 4) is 0 Å². The Hall–Kier alpha value is -1.84. The fourth-order valence-corrected chi connectivity index (χ4v) is 2.47. The summed E-state index contributed by atoms with van der Waals surface area (Å²) in [6, 6.07) is 9.49. The summed E-state index contributed by atoms with van der Waals surface area (Å²) >= 11 is 0. The Bertz CT molecular complexity index is 441. The van der Waals surface area contributed by atoms with E-state index in [-0.39, 0.29) is 18.5 Å². The normalized spacial score (nSPS) is 22.7. The lowest BCUT2D eigenvalue weighted by Crippen LogP contribution is -2.28. The van der Waals surface area contributed by atoms with Crippen LogP contribution in [0.3, 0.4) is 0 Å². The predicted molar refractivity (Wildman–Crippen MR) is 69.3 cm³/mol. The Morgan fingerprint density at radius 3 is 2.53 bits per heavy atom. The van der Waals surface area contributed by atoms with E-state index in [9.17, 15) is 9.59 Å². The van der Waals surface area contributed by atoms with Crippen molar-refractivity contribution in [1.29, 1.82) is 0 Å². The van der Waals surface area contributed by atoms with Gasteiger partial charge in [-0.05, 0) is 24.8 Å². The molecule has 0 bridgehead atoms. The highest BCUT2D eigenvalue weighted by Gasteiger charge is 2.31. The van der Waals surface area contributed by atoms with Crippen LogP contribution in [0.5, 0.6) is 0 Å². The van der Waals surface area contributed by atoms with Gasteiger partial charge in [0.15, 0.2) is 0 Å². The minimum atomic E-state index is -0.805. The SMILES string of the molecule is O=C(O)C1CCCC(C(=O)OCc2ccccc2)C1. The summed E-state index contributed by atoms with van der Waals surface area (Å²) in [7, 11) is 0. The zero-order valence-corrected chi connectivity index (χ0v) is 10.7. The molecule has 1 aromatic rings. The number of carbonyl (C=O) groups is 2. The first-order valence-corrected chi connectivity index (χ1v) is 6.60. The molecular weight excluding hydrogens is 244 g/mol. The third-order valence-electron chi connectivity index (χ3n) is 3.58. The average Bonchev–Trinajstić information content (AvgIpc) is 2.46. The first-order chi connectivity index (χ1) is 9.16. The molecular formula is C15H18O4. The number of benzene rings is 1. The first-order valence-electron chi connectivity index (χ1n) is 6.60. The number of carboxylic acids is 1. The van der Waals surface area contributed by atoms with Crippen LogP contribution in [0.4, 0.5) is 0 Å². The Kier molecular flexibility index (Phi) is 4.55. The molecule has 0 saturated heterocycles.